The second-order valence-electron chi connectivity index (χ2n) is 6.91. The van der Waals surface area contributed by atoms with Crippen molar-refractivity contribution in [1.82, 2.24) is 9.80 Å². The van der Waals surface area contributed by atoms with Gasteiger partial charge in [0.15, 0.2) is 0 Å². The maximum Gasteiger partial charge on any atom is 0.243 e. The summed E-state index contributed by atoms with van der Waals surface area (Å²) in [6, 6.07) is 4.98. The fraction of sp³-hybridized carbons (Fsp3) is 0.632. The summed E-state index contributed by atoms with van der Waals surface area (Å²) in [6.45, 7) is 5.14. The van der Waals surface area contributed by atoms with Crippen LogP contribution in [0, 0.1) is 5.82 Å². The number of rotatable bonds is 5. The fourth-order valence-corrected chi connectivity index (χ4v) is 4.23. The van der Waals surface area contributed by atoms with E-state index < -0.39 is 5.54 Å². The number of hydrogen-bond acceptors (Lipinski definition) is 3. The molecule has 2 heterocycles. The fourth-order valence-electron chi connectivity index (χ4n) is 4.23. The number of methoxy groups -OCH3 is 1. The number of ether oxygens (including phenoxy) is 1. The molecule has 1 aromatic rings. The Hall–Kier alpha value is -1.62. The lowest BCUT2D eigenvalue weighted by atomic mass is 9.85. The number of nitrogens with zero attached hydrogens (tertiary/aromatic N) is 2. The molecule has 2 fully saturated rings. The molecule has 0 radical (unpaired) electrons. The molecular weight excluding hydrogens is 307 g/mol. The maximum atomic E-state index is 14.3. The number of piperidine rings is 1. The van der Waals surface area contributed by atoms with Gasteiger partial charge in [0.1, 0.15) is 17.1 Å². The monoisotopic (exact) mass is 334 g/mol. The highest BCUT2D eigenvalue weighted by atomic mass is 19.1. The summed E-state index contributed by atoms with van der Waals surface area (Å²) in [7, 11) is 1.53. The van der Waals surface area contributed by atoms with Gasteiger partial charge in [-0.1, -0.05) is 13.0 Å². The van der Waals surface area contributed by atoms with Crippen molar-refractivity contribution >= 4 is 5.91 Å². The highest BCUT2D eigenvalue weighted by molar-refractivity contribution is 5.87. The van der Waals surface area contributed by atoms with Gasteiger partial charge in [-0.25, -0.2) is 4.39 Å². The first-order valence-electron chi connectivity index (χ1n) is 8.97. The molecule has 4 nitrogen and oxygen atoms in total. The first-order chi connectivity index (χ1) is 11.6. The van der Waals surface area contributed by atoms with E-state index in [4.69, 9.17) is 4.74 Å². The molecule has 3 rings (SSSR count). The molecule has 0 aliphatic carbocycles. The van der Waals surface area contributed by atoms with Gasteiger partial charge in [-0.3, -0.25) is 9.69 Å². The van der Waals surface area contributed by atoms with Crippen molar-refractivity contribution in [3.63, 3.8) is 0 Å². The molecule has 0 N–H and O–H groups in total. The summed E-state index contributed by atoms with van der Waals surface area (Å²) in [5.41, 5.74) is 0.220. The zero-order chi connectivity index (χ0) is 17.2. The lowest BCUT2D eigenvalue weighted by molar-refractivity contribution is -0.147. The predicted octanol–water partition coefficient (Wildman–Crippen LogP) is 3.20. The average Bonchev–Trinajstić information content (AvgIpc) is 2.97. The lowest BCUT2D eigenvalue weighted by Gasteiger charge is -2.44. The number of likely N-dealkylation sites (tertiary alicyclic amines) is 2. The Kier molecular flexibility index (Phi) is 5.09. The van der Waals surface area contributed by atoms with Crippen molar-refractivity contribution in [3.8, 4) is 5.75 Å². The van der Waals surface area contributed by atoms with Gasteiger partial charge in [-0.15, -0.1) is 0 Å². The molecule has 0 aromatic heterocycles. The topological polar surface area (TPSA) is 32.8 Å². The Bertz CT molecular complexity index is 605. The van der Waals surface area contributed by atoms with Crippen LogP contribution in [-0.4, -0.2) is 48.0 Å². The minimum atomic E-state index is -0.417. The Labute approximate surface area is 143 Å². The number of hydrogen-bond donors (Lipinski definition) is 0. The Morgan fingerprint density at radius 3 is 2.67 bits per heavy atom. The van der Waals surface area contributed by atoms with E-state index in [-0.39, 0.29) is 11.7 Å². The second kappa shape index (κ2) is 7.09. The summed E-state index contributed by atoms with van der Waals surface area (Å²) in [5, 5.41) is 0. The summed E-state index contributed by atoms with van der Waals surface area (Å²) in [6.07, 6.45) is 4.80. The number of amides is 1. The largest absolute Gasteiger partial charge is 0.497 e. The molecule has 2 aliphatic heterocycles. The first-order valence-corrected chi connectivity index (χ1v) is 8.97. The van der Waals surface area contributed by atoms with Crippen LogP contribution in [0.3, 0.4) is 0 Å². The van der Waals surface area contributed by atoms with E-state index >= 15 is 0 Å². The van der Waals surface area contributed by atoms with Gasteiger partial charge < -0.3 is 9.64 Å². The summed E-state index contributed by atoms with van der Waals surface area (Å²) in [5.74, 6) is 0.516. The van der Waals surface area contributed by atoms with Crippen LogP contribution in [0.1, 0.15) is 44.6 Å². The number of halogens is 1. The molecule has 1 atom stereocenters. The third-order valence-electron chi connectivity index (χ3n) is 5.44. The molecule has 132 valence electrons. The van der Waals surface area contributed by atoms with Gasteiger partial charge in [-0.2, -0.15) is 0 Å². The molecule has 1 spiro atoms. The lowest BCUT2D eigenvalue weighted by Crippen LogP contribution is -2.59. The second-order valence-corrected chi connectivity index (χ2v) is 6.91. The molecule has 24 heavy (non-hydrogen) atoms. The van der Waals surface area contributed by atoms with E-state index in [1.807, 2.05) is 4.90 Å². The minimum absolute atomic E-state index is 0.252. The molecule has 1 unspecified atom stereocenters. The SMILES string of the molecule is CCCN1CCCC2(CCCN2Cc2ccc(OC)cc2F)C1=O. The molecule has 2 saturated heterocycles. The predicted molar refractivity (Wildman–Crippen MR) is 91.4 cm³/mol. The quantitative estimate of drug-likeness (QED) is 0.829. The zero-order valence-electron chi connectivity index (χ0n) is 14.7. The Balaban J connectivity index is 1.81. The van der Waals surface area contributed by atoms with Crippen LogP contribution in [0.2, 0.25) is 0 Å². The van der Waals surface area contributed by atoms with Gasteiger partial charge in [0.25, 0.3) is 0 Å². The van der Waals surface area contributed by atoms with E-state index in [0.29, 0.717) is 17.9 Å². The third kappa shape index (κ3) is 3.02. The van der Waals surface area contributed by atoms with Crippen molar-refractivity contribution in [1.29, 1.82) is 0 Å². The highest BCUT2D eigenvalue weighted by Crippen LogP contribution is 2.39. The summed E-state index contributed by atoms with van der Waals surface area (Å²) in [4.78, 5) is 17.3. The van der Waals surface area contributed by atoms with E-state index in [0.717, 1.165) is 51.7 Å². The number of carbonyl (C=O) groups is 1. The van der Waals surface area contributed by atoms with Crippen LogP contribution >= 0.6 is 0 Å². The molecule has 1 amide bonds. The van der Waals surface area contributed by atoms with Crippen molar-refractivity contribution in [3.05, 3.63) is 29.6 Å². The van der Waals surface area contributed by atoms with Gasteiger partial charge in [-0.05, 0) is 44.7 Å². The van der Waals surface area contributed by atoms with Crippen LogP contribution in [0.4, 0.5) is 4.39 Å². The van der Waals surface area contributed by atoms with Crippen LogP contribution in [0.5, 0.6) is 5.75 Å². The average molecular weight is 334 g/mol. The third-order valence-corrected chi connectivity index (χ3v) is 5.44. The van der Waals surface area contributed by atoms with Crippen LogP contribution < -0.4 is 4.74 Å². The zero-order valence-corrected chi connectivity index (χ0v) is 14.7. The van der Waals surface area contributed by atoms with Crippen molar-refractivity contribution in [2.75, 3.05) is 26.7 Å². The van der Waals surface area contributed by atoms with Gasteiger partial charge in [0.2, 0.25) is 5.91 Å². The van der Waals surface area contributed by atoms with Gasteiger partial charge in [0.05, 0.1) is 7.11 Å². The minimum Gasteiger partial charge on any atom is -0.497 e. The normalized spacial score (nSPS) is 24.8. The summed E-state index contributed by atoms with van der Waals surface area (Å²) >= 11 is 0. The smallest absolute Gasteiger partial charge is 0.243 e. The van der Waals surface area contributed by atoms with Crippen LogP contribution in [0.15, 0.2) is 18.2 Å². The molecule has 5 heteroatoms. The standard InChI is InChI=1S/C19H27FN2O2/c1-3-10-21-11-4-8-19(18(21)23)9-5-12-22(19)14-15-6-7-16(24-2)13-17(15)20/h6-7,13H,3-5,8-12,14H2,1-2H3. The molecule has 0 saturated carbocycles. The van der Waals surface area contributed by atoms with E-state index in [1.165, 1.54) is 13.2 Å². The highest BCUT2D eigenvalue weighted by Gasteiger charge is 2.50. The van der Waals surface area contributed by atoms with Crippen LogP contribution in [0.25, 0.3) is 0 Å². The van der Waals surface area contributed by atoms with Crippen molar-refractivity contribution in [2.24, 2.45) is 0 Å². The Morgan fingerprint density at radius 2 is 2.00 bits per heavy atom. The first kappa shape index (κ1) is 17.2. The maximum absolute atomic E-state index is 14.3. The van der Waals surface area contributed by atoms with E-state index in [2.05, 4.69) is 11.8 Å². The Morgan fingerprint density at radius 1 is 1.25 bits per heavy atom. The van der Waals surface area contributed by atoms with Crippen molar-refractivity contribution < 1.29 is 13.9 Å². The van der Waals surface area contributed by atoms with Crippen LogP contribution in [-0.2, 0) is 11.3 Å². The molecular formula is C19H27FN2O2. The van der Waals surface area contributed by atoms with Gasteiger partial charge >= 0.3 is 0 Å². The molecule has 0 bridgehead atoms. The van der Waals surface area contributed by atoms with E-state index in [1.54, 1.807) is 12.1 Å². The molecule has 1 aromatic carbocycles. The number of benzene rings is 1. The van der Waals surface area contributed by atoms with Gasteiger partial charge in [0, 0.05) is 31.3 Å². The summed E-state index contributed by atoms with van der Waals surface area (Å²) < 4.78 is 19.4. The molecule has 2 aliphatic rings. The van der Waals surface area contributed by atoms with E-state index in [9.17, 15) is 9.18 Å². The van der Waals surface area contributed by atoms with Crippen molar-refractivity contribution in [2.45, 2.75) is 51.1 Å². The number of carbonyl (C=O) groups excluding carboxylic acids is 1.